The third-order valence-electron chi connectivity index (χ3n) is 5.13. The molecule has 0 saturated heterocycles. The number of benzene rings is 2. The normalized spacial score (nSPS) is 11.7. The van der Waals surface area contributed by atoms with Crippen molar-refractivity contribution in [1.82, 2.24) is 19.7 Å². The summed E-state index contributed by atoms with van der Waals surface area (Å²) in [5.41, 5.74) is 2.94. The van der Waals surface area contributed by atoms with Gasteiger partial charge >= 0.3 is 0 Å². The molecule has 3 rings (SSSR count). The van der Waals surface area contributed by atoms with Crippen molar-refractivity contribution in [3.05, 3.63) is 66.2 Å². The second-order valence-corrected chi connectivity index (χ2v) is 6.76. The van der Waals surface area contributed by atoms with Gasteiger partial charge in [0.05, 0.1) is 25.9 Å². The fourth-order valence-corrected chi connectivity index (χ4v) is 3.26. The number of carbonyl (C=O) groups excluding carboxylic acids is 1. The van der Waals surface area contributed by atoms with Gasteiger partial charge in [-0.2, -0.15) is 5.10 Å². The molecular weight excluding hydrogens is 368 g/mol. The molecule has 0 N–H and O–H groups in total. The van der Waals surface area contributed by atoms with Crippen molar-refractivity contribution in [2.45, 2.75) is 25.8 Å². The molecule has 1 heterocycles. The van der Waals surface area contributed by atoms with Gasteiger partial charge in [-0.1, -0.05) is 24.3 Å². The minimum absolute atomic E-state index is 0.0421. The number of ether oxygens (including phenoxy) is 2. The Morgan fingerprint density at radius 2 is 1.90 bits per heavy atom. The highest BCUT2D eigenvalue weighted by Crippen LogP contribution is 2.31. The monoisotopic (exact) mass is 394 g/mol. The van der Waals surface area contributed by atoms with Crippen LogP contribution in [0, 0.1) is 0 Å². The molecular formula is C22H26N4O3. The Morgan fingerprint density at radius 1 is 1.14 bits per heavy atom. The molecule has 7 heteroatoms. The fourth-order valence-electron chi connectivity index (χ4n) is 3.26. The van der Waals surface area contributed by atoms with Crippen molar-refractivity contribution in [3.63, 3.8) is 0 Å². The van der Waals surface area contributed by atoms with Crippen molar-refractivity contribution in [2.75, 3.05) is 21.3 Å². The Bertz CT molecular complexity index is 939. The molecule has 1 amide bonds. The molecule has 0 radical (unpaired) electrons. The van der Waals surface area contributed by atoms with Crippen molar-refractivity contribution in [3.8, 4) is 17.2 Å². The summed E-state index contributed by atoms with van der Waals surface area (Å²) in [7, 11) is 5.05. The number of rotatable bonds is 8. The van der Waals surface area contributed by atoms with Gasteiger partial charge in [0.15, 0.2) is 11.5 Å². The van der Waals surface area contributed by atoms with E-state index in [-0.39, 0.29) is 11.9 Å². The number of nitrogens with zero attached hydrogens (tertiary/aromatic N) is 4. The lowest BCUT2D eigenvalue weighted by atomic mass is 10.0. The molecule has 0 bridgehead atoms. The zero-order valence-electron chi connectivity index (χ0n) is 17.2. The van der Waals surface area contributed by atoms with E-state index in [0.717, 1.165) is 16.8 Å². The number of aromatic nitrogens is 3. The van der Waals surface area contributed by atoms with Crippen LogP contribution in [0.5, 0.6) is 11.5 Å². The molecule has 0 unspecified atom stereocenters. The van der Waals surface area contributed by atoms with E-state index in [1.165, 1.54) is 6.33 Å². The molecule has 3 aromatic rings. The molecule has 1 aromatic heterocycles. The highest BCUT2D eigenvalue weighted by Gasteiger charge is 2.19. The molecule has 1 atom stereocenters. The van der Waals surface area contributed by atoms with E-state index in [1.807, 2.05) is 56.4 Å². The van der Waals surface area contributed by atoms with Gasteiger partial charge in [-0.3, -0.25) is 4.79 Å². The van der Waals surface area contributed by atoms with Crippen LogP contribution >= 0.6 is 0 Å². The summed E-state index contributed by atoms with van der Waals surface area (Å²) in [5, 5.41) is 4.13. The Kier molecular flexibility index (Phi) is 6.49. The zero-order chi connectivity index (χ0) is 20.8. The summed E-state index contributed by atoms with van der Waals surface area (Å²) in [6.45, 7) is 2.02. The van der Waals surface area contributed by atoms with Gasteiger partial charge in [0.2, 0.25) is 5.91 Å². The van der Waals surface area contributed by atoms with E-state index in [9.17, 15) is 4.79 Å². The number of carbonyl (C=O) groups is 1. The van der Waals surface area contributed by atoms with E-state index in [4.69, 9.17) is 9.47 Å². The van der Waals surface area contributed by atoms with Crippen molar-refractivity contribution >= 4 is 5.91 Å². The molecule has 152 valence electrons. The average Bonchev–Trinajstić information content (AvgIpc) is 3.31. The number of hydrogen-bond acceptors (Lipinski definition) is 5. The summed E-state index contributed by atoms with van der Waals surface area (Å²) in [5.74, 6) is 1.43. The van der Waals surface area contributed by atoms with E-state index in [0.29, 0.717) is 24.3 Å². The minimum Gasteiger partial charge on any atom is -0.493 e. The molecule has 7 nitrogen and oxygen atoms in total. The van der Waals surface area contributed by atoms with Crippen LogP contribution in [0.3, 0.4) is 0 Å². The maximum absolute atomic E-state index is 12.8. The zero-order valence-corrected chi connectivity index (χ0v) is 17.2. The van der Waals surface area contributed by atoms with Gasteiger partial charge in [-0.25, -0.2) is 9.67 Å². The summed E-state index contributed by atoms with van der Waals surface area (Å²) in [6.07, 6.45) is 4.13. The van der Waals surface area contributed by atoms with Crippen LogP contribution in [-0.2, 0) is 11.2 Å². The van der Waals surface area contributed by atoms with Crippen LogP contribution in [-0.4, -0.2) is 46.8 Å². The number of para-hydroxylation sites is 1. The smallest absolute Gasteiger partial charge is 0.223 e. The van der Waals surface area contributed by atoms with E-state index >= 15 is 0 Å². The Morgan fingerprint density at radius 3 is 2.52 bits per heavy atom. The first-order valence-corrected chi connectivity index (χ1v) is 9.45. The first-order chi connectivity index (χ1) is 14.0. The Hall–Kier alpha value is -3.35. The van der Waals surface area contributed by atoms with Crippen LogP contribution in [0.15, 0.2) is 55.1 Å². The molecule has 0 aliphatic heterocycles. The Balaban J connectivity index is 1.64. The van der Waals surface area contributed by atoms with Gasteiger partial charge in [0.1, 0.15) is 12.7 Å². The van der Waals surface area contributed by atoms with Gasteiger partial charge in [-0.15, -0.1) is 0 Å². The second kappa shape index (κ2) is 9.23. The third kappa shape index (κ3) is 4.56. The molecule has 2 aromatic carbocycles. The third-order valence-corrected chi connectivity index (χ3v) is 5.13. The predicted molar refractivity (Wildman–Crippen MR) is 110 cm³/mol. The number of amides is 1. The van der Waals surface area contributed by atoms with E-state index < -0.39 is 0 Å². The first-order valence-electron chi connectivity index (χ1n) is 9.45. The molecule has 0 aliphatic rings. The molecule has 0 aliphatic carbocycles. The average molecular weight is 394 g/mol. The number of hydrogen-bond donors (Lipinski definition) is 0. The summed E-state index contributed by atoms with van der Waals surface area (Å²) >= 11 is 0. The summed E-state index contributed by atoms with van der Waals surface area (Å²) in [4.78, 5) is 18.5. The van der Waals surface area contributed by atoms with Crippen molar-refractivity contribution in [1.29, 1.82) is 0 Å². The van der Waals surface area contributed by atoms with Crippen LogP contribution < -0.4 is 9.47 Å². The standard InChI is InChI=1S/C22H26N4O3/c1-16(17-8-11-19(12-9-17)26-15-23-14-24-26)25(2)21(27)13-10-18-6-5-7-20(28-3)22(18)29-4/h5-9,11-12,14-16H,10,13H2,1-4H3/t16-/m0/s1. The summed E-state index contributed by atoms with van der Waals surface area (Å²) in [6, 6.07) is 13.6. The highest BCUT2D eigenvalue weighted by atomic mass is 16.5. The van der Waals surface area contributed by atoms with Crippen LogP contribution in [0.2, 0.25) is 0 Å². The lowest BCUT2D eigenvalue weighted by molar-refractivity contribution is -0.131. The van der Waals surface area contributed by atoms with Crippen LogP contribution in [0.1, 0.15) is 30.5 Å². The van der Waals surface area contributed by atoms with Crippen molar-refractivity contribution in [2.24, 2.45) is 0 Å². The van der Waals surface area contributed by atoms with Gasteiger partial charge < -0.3 is 14.4 Å². The lowest BCUT2D eigenvalue weighted by Crippen LogP contribution is -2.29. The number of aryl methyl sites for hydroxylation is 1. The quantitative estimate of drug-likeness (QED) is 0.585. The molecule has 0 saturated carbocycles. The van der Waals surface area contributed by atoms with Gasteiger partial charge in [0.25, 0.3) is 0 Å². The highest BCUT2D eigenvalue weighted by molar-refractivity contribution is 5.77. The van der Waals surface area contributed by atoms with Crippen LogP contribution in [0.25, 0.3) is 5.69 Å². The topological polar surface area (TPSA) is 69.5 Å². The lowest BCUT2D eigenvalue weighted by Gasteiger charge is -2.26. The van der Waals surface area contributed by atoms with Crippen LogP contribution in [0.4, 0.5) is 0 Å². The van der Waals surface area contributed by atoms with Gasteiger partial charge in [-0.05, 0) is 42.7 Å². The summed E-state index contributed by atoms with van der Waals surface area (Å²) < 4.78 is 12.5. The maximum Gasteiger partial charge on any atom is 0.223 e. The predicted octanol–water partition coefficient (Wildman–Crippen LogP) is 3.44. The van der Waals surface area contributed by atoms with Gasteiger partial charge in [0, 0.05) is 13.5 Å². The minimum atomic E-state index is -0.0421. The fraction of sp³-hybridized carbons (Fsp3) is 0.318. The van der Waals surface area contributed by atoms with E-state index in [1.54, 1.807) is 30.1 Å². The van der Waals surface area contributed by atoms with E-state index in [2.05, 4.69) is 10.1 Å². The first kappa shape index (κ1) is 20.4. The molecule has 0 spiro atoms. The largest absolute Gasteiger partial charge is 0.493 e. The van der Waals surface area contributed by atoms with Crippen molar-refractivity contribution < 1.29 is 14.3 Å². The second-order valence-electron chi connectivity index (χ2n) is 6.76. The molecule has 29 heavy (non-hydrogen) atoms. The number of methoxy groups -OCH3 is 2. The SMILES string of the molecule is COc1cccc(CCC(=O)N(C)[C@@H](C)c2ccc(-n3cncn3)cc2)c1OC. The Labute approximate surface area is 170 Å². The maximum atomic E-state index is 12.8. The molecule has 0 fully saturated rings.